The molecule has 1 N–H and O–H groups in total. The molecule has 3 aliphatic heterocycles. The molecule has 4 heterocycles. The predicted molar refractivity (Wildman–Crippen MR) is 173 cm³/mol. The van der Waals surface area contributed by atoms with Crippen LogP contribution in [0.15, 0.2) is 79.9 Å². The average molecular weight is 693 g/mol. The van der Waals surface area contributed by atoms with Crippen molar-refractivity contribution in [3.63, 3.8) is 0 Å². The fraction of sp³-hybridized carbons (Fsp3) is 0.441. The summed E-state index contributed by atoms with van der Waals surface area (Å²) in [4.78, 5) is 45.9. The lowest BCUT2D eigenvalue weighted by molar-refractivity contribution is -0.156. The van der Waals surface area contributed by atoms with Gasteiger partial charge < -0.3 is 24.4 Å². The van der Waals surface area contributed by atoms with Crippen LogP contribution >= 0.6 is 15.9 Å². The van der Waals surface area contributed by atoms with Gasteiger partial charge in [-0.1, -0.05) is 75.8 Å². The Morgan fingerprint density at radius 1 is 1.17 bits per heavy atom. The molecule has 2 amide bonds. The van der Waals surface area contributed by atoms with E-state index >= 15 is 0 Å². The van der Waals surface area contributed by atoms with Gasteiger partial charge in [-0.2, -0.15) is 0 Å². The third kappa shape index (κ3) is 5.56. The number of aliphatic hydroxyl groups is 1. The van der Waals surface area contributed by atoms with Crippen LogP contribution < -0.4 is 0 Å². The number of hydrogen-bond donors (Lipinski definition) is 1. The van der Waals surface area contributed by atoms with Gasteiger partial charge in [-0.25, -0.2) is 4.68 Å². The number of esters is 1. The number of rotatable bonds is 14. The second-order valence-corrected chi connectivity index (χ2v) is 13.3. The molecule has 3 aromatic rings. The van der Waals surface area contributed by atoms with Crippen LogP contribution in [0.2, 0.25) is 0 Å². The van der Waals surface area contributed by atoms with E-state index in [1.165, 1.54) is 4.90 Å². The first-order valence-electron chi connectivity index (χ1n) is 15.6. The second-order valence-electron chi connectivity index (χ2n) is 12.1. The summed E-state index contributed by atoms with van der Waals surface area (Å²) in [6, 6.07) is 15.1. The highest BCUT2D eigenvalue weighted by atomic mass is 79.9. The normalized spacial score (nSPS) is 27.0. The van der Waals surface area contributed by atoms with E-state index in [0.29, 0.717) is 31.2 Å². The van der Waals surface area contributed by atoms with E-state index in [2.05, 4.69) is 39.4 Å². The number of fused-ring (bicyclic) bond motifs is 2. The third-order valence-corrected chi connectivity index (χ3v) is 10.2. The molecule has 3 saturated heterocycles. The van der Waals surface area contributed by atoms with Crippen LogP contribution in [-0.2, 0) is 36.9 Å². The molecule has 0 aliphatic carbocycles. The molecule has 1 aromatic heterocycles. The van der Waals surface area contributed by atoms with Gasteiger partial charge in [0, 0.05) is 11.4 Å². The number of halogens is 1. The van der Waals surface area contributed by atoms with Crippen molar-refractivity contribution < 1.29 is 29.0 Å². The quantitative estimate of drug-likeness (QED) is 0.118. The number of benzene rings is 2. The Morgan fingerprint density at radius 3 is 2.67 bits per heavy atom. The number of ether oxygens (including phenoxy) is 2. The maximum atomic E-state index is 14.9. The zero-order valence-electron chi connectivity index (χ0n) is 25.5. The first-order valence-corrected chi connectivity index (χ1v) is 16.5. The zero-order chi connectivity index (χ0) is 32.4. The van der Waals surface area contributed by atoms with Crippen LogP contribution in [0.1, 0.15) is 24.8 Å². The number of para-hydroxylation sites is 1. The van der Waals surface area contributed by atoms with Crippen LogP contribution in [0.25, 0.3) is 11.0 Å². The summed E-state index contributed by atoms with van der Waals surface area (Å²) in [6.07, 6.45) is 4.66. The molecule has 2 aromatic carbocycles. The van der Waals surface area contributed by atoms with Crippen molar-refractivity contribution in [2.24, 2.45) is 11.8 Å². The zero-order valence-corrected chi connectivity index (χ0v) is 27.1. The summed E-state index contributed by atoms with van der Waals surface area (Å²) in [5.74, 6) is -3.16. The summed E-state index contributed by atoms with van der Waals surface area (Å²) in [7, 11) is 0. The van der Waals surface area contributed by atoms with Crippen molar-refractivity contribution in [2.75, 3.05) is 19.8 Å². The van der Waals surface area contributed by atoms with Crippen LogP contribution in [0.5, 0.6) is 0 Å². The number of carbonyl (C=O) groups excluding carboxylic acids is 3. The summed E-state index contributed by atoms with van der Waals surface area (Å²) < 4.78 is 13.9. The van der Waals surface area contributed by atoms with Crippen LogP contribution in [0.4, 0.5) is 0 Å². The third-order valence-electron chi connectivity index (χ3n) is 9.33. The molecule has 0 radical (unpaired) electrons. The molecule has 2 bridgehead atoms. The lowest BCUT2D eigenvalue weighted by Gasteiger charge is -2.39. The minimum absolute atomic E-state index is 0.0447. The summed E-state index contributed by atoms with van der Waals surface area (Å²) in [5, 5.41) is 19.3. The number of allylic oxidation sites excluding steroid dienone is 1. The highest BCUT2D eigenvalue weighted by molar-refractivity contribution is 9.09. The number of carbonyl (C=O) groups is 3. The molecule has 3 aliphatic rings. The van der Waals surface area contributed by atoms with E-state index < -0.39 is 47.5 Å². The predicted octanol–water partition coefficient (Wildman–Crippen LogP) is 3.26. The number of unbranched alkanes of at least 4 members (excludes halogenated alkanes) is 1. The lowest BCUT2D eigenvalue weighted by Crippen LogP contribution is -2.59. The molecule has 11 nitrogen and oxygen atoms in total. The molecule has 3 unspecified atom stereocenters. The minimum Gasteiger partial charge on any atom is -0.465 e. The average Bonchev–Trinajstić information content (AvgIpc) is 3.79. The molecule has 1 spiro atoms. The minimum atomic E-state index is -1.31. The van der Waals surface area contributed by atoms with Crippen molar-refractivity contribution in [1.82, 2.24) is 24.8 Å². The van der Waals surface area contributed by atoms with Gasteiger partial charge in [-0.3, -0.25) is 14.4 Å². The second kappa shape index (κ2) is 13.5. The molecule has 242 valence electrons. The van der Waals surface area contributed by atoms with Gasteiger partial charge in [0.2, 0.25) is 11.8 Å². The number of aliphatic hydroxyl groups excluding tert-OH is 1. The van der Waals surface area contributed by atoms with Gasteiger partial charge in [0.05, 0.1) is 42.7 Å². The first-order chi connectivity index (χ1) is 22.3. The van der Waals surface area contributed by atoms with Crippen molar-refractivity contribution in [2.45, 2.75) is 61.0 Å². The number of aromatic nitrogens is 3. The molecular weight excluding hydrogens is 654 g/mol. The molecule has 3 fully saturated rings. The van der Waals surface area contributed by atoms with Gasteiger partial charge in [-0.05, 0) is 43.4 Å². The maximum Gasteiger partial charge on any atom is 0.312 e. The Morgan fingerprint density at radius 2 is 1.93 bits per heavy atom. The highest BCUT2D eigenvalue weighted by Crippen LogP contribution is 2.60. The molecule has 6 rings (SSSR count). The fourth-order valence-corrected chi connectivity index (χ4v) is 8.32. The van der Waals surface area contributed by atoms with E-state index in [-0.39, 0.29) is 37.2 Å². The Labute approximate surface area is 275 Å². The van der Waals surface area contributed by atoms with E-state index in [1.807, 2.05) is 54.6 Å². The summed E-state index contributed by atoms with van der Waals surface area (Å²) >= 11 is 3.71. The summed E-state index contributed by atoms with van der Waals surface area (Å²) in [6.45, 7) is 7.59. The SMILES string of the molecule is C=CCCCOC(=O)[C@H]1[C@H]2C(=O)N([C@@H](CO)Cc3ccccc3)C(C(=O)N(CC=C)Cn3nnc4ccccc43)C23CC(Br)[C@@H]1O3. The standard InChI is InChI=1S/C34H38BrN5O6/c1-3-5-11-17-45-33(44)27-28-31(42)40(23(20-41)18-22-12-7-6-8-13-22)30(34(28)19-24(35)29(27)46-34)32(43)38(16-4-2)21-39-26-15-10-9-14-25(26)36-37-39/h3-4,6-10,12-15,23-24,27-30,41H,1-2,5,11,16-21H2/t23-,24?,27+,28+,29+,30?,34?/m1/s1. The molecule has 7 atom stereocenters. The Kier molecular flexibility index (Phi) is 9.39. The lowest BCUT2D eigenvalue weighted by atomic mass is 9.70. The summed E-state index contributed by atoms with van der Waals surface area (Å²) in [5.41, 5.74) is 1.01. The number of alkyl halides is 1. The van der Waals surface area contributed by atoms with Crippen molar-refractivity contribution in [3.8, 4) is 0 Å². The van der Waals surface area contributed by atoms with Gasteiger partial charge >= 0.3 is 5.97 Å². The van der Waals surface area contributed by atoms with Crippen molar-refractivity contribution >= 4 is 44.7 Å². The van der Waals surface area contributed by atoms with Crippen molar-refractivity contribution in [3.05, 3.63) is 85.5 Å². The van der Waals surface area contributed by atoms with E-state index in [1.54, 1.807) is 21.7 Å². The number of likely N-dealkylation sites (tertiary alicyclic amines) is 1. The van der Waals surface area contributed by atoms with Crippen LogP contribution in [0, 0.1) is 11.8 Å². The Bertz CT molecular complexity index is 1620. The van der Waals surface area contributed by atoms with E-state index in [9.17, 15) is 19.5 Å². The number of nitrogens with zero attached hydrogens (tertiary/aromatic N) is 5. The van der Waals surface area contributed by atoms with Gasteiger partial charge in [-0.15, -0.1) is 18.3 Å². The fourth-order valence-electron chi connectivity index (χ4n) is 7.37. The van der Waals surface area contributed by atoms with E-state index in [0.717, 1.165) is 11.1 Å². The number of amides is 2. The van der Waals surface area contributed by atoms with Gasteiger partial charge in [0.1, 0.15) is 23.8 Å². The monoisotopic (exact) mass is 691 g/mol. The van der Waals surface area contributed by atoms with E-state index in [4.69, 9.17) is 9.47 Å². The molecule has 0 saturated carbocycles. The smallest absolute Gasteiger partial charge is 0.312 e. The molecule has 46 heavy (non-hydrogen) atoms. The first kappa shape index (κ1) is 32.1. The van der Waals surface area contributed by atoms with Gasteiger partial charge in [0.25, 0.3) is 0 Å². The molecular formula is C34H38BrN5O6. The number of hydrogen-bond acceptors (Lipinski definition) is 8. The largest absolute Gasteiger partial charge is 0.465 e. The topological polar surface area (TPSA) is 127 Å². The Hall–Kier alpha value is -3.87. The van der Waals surface area contributed by atoms with Gasteiger partial charge in [0.15, 0.2) is 0 Å². The molecule has 12 heteroatoms. The van der Waals surface area contributed by atoms with Crippen molar-refractivity contribution in [1.29, 1.82) is 0 Å². The Balaban J connectivity index is 1.39. The van der Waals surface area contributed by atoms with Crippen LogP contribution in [0.3, 0.4) is 0 Å². The van der Waals surface area contributed by atoms with Crippen LogP contribution in [-0.4, -0.2) is 96.1 Å². The maximum absolute atomic E-state index is 14.9. The highest BCUT2D eigenvalue weighted by Gasteiger charge is 2.77.